The maximum atomic E-state index is 11.7. The van der Waals surface area contributed by atoms with Gasteiger partial charge in [0.25, 0.3) is 0 Å². The van der Waals surface area contributed by atoms with Crippen LogP contribution in [0.3, 0.4) is 0 Å². The van der Waals surface area contributed by atoms with Gasteiger partial charge in [0.1, 0.15) is 10.7 Å². The van der Waals surface area contributed by atoms with Gasteiger partial charge < -0.3 is 5.73 Å². The van der Waals surface area contributed by atoms with Crippen LogP contribution in [0.5, 0.6) is 0 Å². The molecule has 4 N–H and O–H groups in total. The molecule has 1 fully saturated rings. The molecule has 1 aliphatic carbocycles. The van der Waals surface area contributed by atoms with E-state index >= 15 is 0 Å². The number of hydrogen-bond acceptors (Lipinski definition) is 4. The summed E-state index contributed by atoms with van der Waals surface area (Å²) in [7, 11) is -3.51. The maximum Gasteiger partial charge on any atom is 0.246 e. The number of sulfonamides is 1. The summed E-state index contributed by atoms with van der Waals surface area (Å²) >= 11 is 0. The lowest BCUT2D eigenvalue weighted by Gasteiger charge is -2.10. The van der Waals surface area contributed by atoms with Crippen LogP contribution in [0.2, 0.25) is 0 Å². The van der Waals surface area contributed by atoms with E-state index in [9.17, 15) is 8.42 Å². The molecular weight excluding hydrogens is 204 g/mol. The smallest absolute Gasteiger partial charge is 0.246 e. The van der Waals surface area contributed by atoms with Crippen molar-refractivity contribution in [3.63, 3.8) is 0 Å². The predicted octanol–water partition coefficient (Wildman–Crippen LogP) is -0.177. The van der Waals surface area contributed by atoms with Crippen molar-refractivity contribution in [2.45, 2.75) is 30.2 Å². The number of aromatic nitrogens is 2. The number of anilines is 1. The summed E-state index contributed by atoms with van der Waals surface area (Å²) in [6, 6.07) is 0. The average Bonchev–Trinajstić information content (AvgIpc) is 2.61. The first-order valence-corrected chi connectivity index (χ1v) is 5.74. The summed E-state index contributed by atoms with van der Waals surface area (Å²) in [6.07, 6.45) is 2.94. The Bertz CT molecular complexity index is 446. The van der Waals surface area contributed by atoms with Gasteiger partial charge in [-0.3, -0.25) is 5.10 Å². The van der Waals surface area contributed by atoms with Crippen LogP contribution in [0.1, 0.15) is 19.8 Å². The quantitative estimate of drug-likeness (QED) is 0.652. The zero-order chi connectivity index (χ0) is 10.4. The van der Waals surface area contributed by atoms with Gasteiger partial charge in [0.15, 0.2) is 0 Å². The van der Waals surface area contributed by atoms with Gasteiger partial charge in [-0.25, -0.2) is 13.1 Å². The Labute approximate surface area is 81.9 Å². The Balaban J connectivity index is 2.29. The van der Waals surface area contributed by atoms with E-state index in [1.54, 1.807) is 0 Å². The van der Waals surface area contributed by atoms with Gasteiger partial charge in [-0.05, 0) is 19.8 Å². The van der Waals surface area contributed by atoms with Crippen molar-refractivity contribution in [1.82, 2.24) is 14.9 Å². The molecular formula is C7H12N4O2S. The van der Waals surface area contributed by atoms with E-state index in [1.165, 1.54) is 6.20 Å². The minimum absolute atomic E-state index is 0.0191. The molecule has 0 atom stereocenters. The number of aromatic amines is 1. The third-order valence-corrected chi connectivity index (χ3v) is 3.97. The zero-order valence-electron chi connectivity index (χ0n) is 7.74. The van der Waals surface area contributed by atoms with E-state index < -0.39 is 10.0 Å². The molecule has 0 aromatic carbocycles. The summed E-state index contributed by atoms with van der Waals surface area (Å²) < 4.78 is 26.0. The molecule has 0 radical (unpaired) electrons. The van der Waals surface area contributed by atoms with Crippen LogP contribution < -0.4 is 10.5 Å². The minimum atomic E-state index is -3.51. The lowest BCUT2D eigenvalue weighted by Crippen LogP contribution is -2.34. The van der Waals surface area contributed by atoms with Gasteiger partial charge in [-0.1, -0.05) is 0 Å². The predicted molar refractivity (Wildman–Crippen MR) is 51.0 cm³/mol. The molecule has 78 valence electrons. The van der Waals surface area contributed by atoms with Crippen molar-refractivity contribution in [3.8, 4) is 0 Å². The van der Waals surface area contributed by atoms with Gasteiger partial charge in [-0.15, -0.1) is 0 Å². The fraction of sp³-hybridized carbons (Fsp3) is 0.571. The third-order valence-electron chi connectivity index (χ3n) is 2.30. The topological polar surface area (TPSA) is 101 Å². The van der Waals surface area contributed by atoms with E-state index in [0.717, 1.165) is 12.8 Å². The fourth-order valence-corrected chi connectivity index (χ4v) is 2.66. The van der Waals surface area contributed by atoms with Gasteiger partial charge in [0, 0.05) is 5.54 Å². The second-order valence-corrected chi connectivity index (χ2v) is 5.46. The number of nitrogen functional groups attached to an aromatic ring is 1. The lowest BCUT2D eigenvalue weighted by atomic mass is 10.4. The second kappa shape index (κ2) is 2.71. The zero-order valence-corrected chi connectivity index (χ0v) is 8.56. The molecule has 0 spiro atoms. The van der Waals surface area contributed by atoms with Crippen molar-refractivity contribution in [2.24, 2.45) is 0 Å². The summed E-state index contributed by atoms with van der Waals surface area (Å²) in [4.78, 5) is 0.0191. The normalized spacial score (nSPS) is 19.5. The molecule has 0 amide bonds. The number of nitrogens with two attached hydrogens (primary N) is 1. The van der Waals surface area contributed by atoms with Gasteiger partial charge in [-0.2, -0.15) is 5.10 Å². The molecule has 1 aromatic rings. The summed E-state index contributed by atoms with van der Waals surface area (Å²) in [5.74, 6) is 0.0711. The summed E-state index contributed by atoms with van der Waals surface area (Å²) in [5, 5.41) is 5.96. The van der Waals surface area contributed by atoms with Crippen molar-refractivity contribution in [2.75, 3.05) is 5.73 Å². The highest BCUT2D eigenvalue weighted by Crippen LogP contribution is 2.36. The number of nitrogens with zero attached hydrogens (tertiary/aromatic N) is 1. The molecule has 1 aliphatic rings. The second-order valence-electron chi connectivity index (χ2n) is 3.81. The first kappa shape index (κ1) is 9.47. The molecule has 6 nitrogen and oxygen atoms in total. The maximum absolute atomic E-state index is 11.7. The number of rotatable bonds is 3. The van der Waals surface area contributed by atoms with Crippen molar-refractivity contribution in [3.05, 3.63) is 6.20 Å². The average molecular weight is 216 g/mol. The standard InChI is InChI=1S/C7H12N4O2S/c1-7(2-3-7)11-14(12,13)5-4-9-10-6(5)8/h4,11H,2-3H2,1H3,(H3,8,9,10). The van der Waals surface area contributed by atoms with E-state index in [-0.39, 0.29) is 16.3 Å². The Morgan fingerprint density at radius 1 is 1.64 bits per heavy atom. The third kappa shape index (κ3) is 1.60. The molecule has 14 heavy (non-hydrogen) atoms. The van der Waals surface area contributed by atoms with Crippen LogP contribution in [0.25, 0.3) is 0 Å². The Kier molecular flexibility index (Phi) is 1.83. The Morgan fingerprint density at radius 2 is 2.29 bits per heavy atom. The number of hydrogen-bond donors (Lipinski definition) is 3. The van der Waals surface area contributed by atoms with Crippen LogP contribution in [0, 0.1) is 0 Å². The molecule has 0 unspecified atom stereocenters. The summed E-state index contributed by atoms with van der Waals surface area (Å²) in [6.45, 7) is 1.86. The van der Waals surface area contributed by atoms with E-state index in [0.29, 0.717) is 0 Å². The molecule has 0 saturated heterocycles. The molecule has 1 saturated carbocycles. The molecule has 0 aliphatic heterocycles. The molecule has 1 aromatic heterocycles. The molecule has 7 heteroatoms. The van der Waals surface area contributed by atoms with E-state index in [4.69, 9.17) is 5.73 Å². The van der Waals surface area contributed by atoms with Crippen LogP contribution in [-0.4, -0.2) is 24.2 Å². The lowest BCUT2D eigenvalue weighted by molar-refractivity contribution is 0.558. The first-order chi connectivity index (χ1) is 6.43. The van der Waals surface area contributed by atoms with Crippen LogP contribution in [0.4, 0.5) is 5.82 Å². The number of H-pyrrole nitrogens is 1. The Hall–Kier alpha value is -1.08. The van der Waals surface area contributed by atoms with Crippen molar-refractivity contribution < 1.29 is 8.42 Å². The van der Waals surface area contributed by atoms with Gasteiger partial charge >= 0.3 is 0 Å². The largest absolute Gasteiger partial charge is 0.383 e. The molecule has 1 heterocycles. The van der Waals surface area contributed by atoms with Crippen LogP contribution >= 0.6 is 0 Å². The van der Waals surface area contributed by atoms with E-state index in [1.807, 2.05) is 6.92 Å². The first-order valence-electron chi connectivity index (χ1n) is 4.26. The minimum Gasteiger partial charge on any atom is -0.383 e. The van der Waals surface area contributed by atoms with Crippen LogP contribution in [-0.2, 0) is 10.0 Å². The molecule has 0 bridgehead atoms. The highest BCUT2D eigenvalue weighted by atomic mass is 32.2. The summed E-state index contributed by atoms with van der Waals surface area (Å²) in [5.41, 5.74) is 5.14. The van der Waals surface area contributed by atoms with Crippen LogP contribution in [0.15, 0.2) is 11.1 Å². The van der Waals surface area contributed by atoms with Crippen molar-refractivity contribution >= 4 is 15.8 Å². The van der Waals surface area contributed by atoms with Crippen molar-refractivity contribution in [1.29, 1.82) is 0 Å². The van der Waals surface area contributed by atoms with Gasteiger partial charge in [0.05, 0.1) is 6.20 Å². The van der Waals surface area contributed by atoms with E-state index in [2.05, 4.69) is 14.9 Å². The number of nitrogens with one attached hydrogen (secondary N) is 2. The SMILES string of the molecule is CC1(NS(=O)(=O)c2cn[nH]c2N)CC1. The highest BCUT2D eigenvalue weighted by Gasteiger charge is 2.41. The highest BCUT2D eigenvalue weighted by molar-refractivity contribution is 7.89. The Morgan fingerprint density at radius 3 is 2.71 bits per heavy atom. The van der Waals surface area contributed by atoms with Gasteiger partial charge in [0.2, 0.25) is 10.0 Å². The monoisotopic (exact) mass is 216 g/mol. The molecule has 2 rings (SSSR count). The fourth-order valence-electron chi connectivity index (χ4n) is 1.17.